The van der Waals surface area contributed by atoms with E-state index in [2.05, 4.69) is 25.3 Å². The van der Waals surface area contributed by atoms with E-state index in [0.717, 1.165) is 60.8 Å². The van der Waals surface area contributed by atoms with Gasteiger partial charge in [-0.15, -0.1) is 0 Å². The number of carbonyl (C=O) groups excluding carboxylic acids is 1. The second-order valence-corrected chi connectivity index (χ2v) is 8.47. The molecule has 0 bridgehead atoms. The van der Waals surface area contributed by atoms with Gasteiger partial charge in [-0.2, -0.15) is 18.3 Å². The number of nitrogens with one attached hydrogen (secondary N) is 1. The average molecular weight is 473 g/mol. The van der Waals surface area contributed by atoms with Gasteiger partial charge in [-0.3, -0.25) is 4.79 Å². The van der Waals surface area contributed by atoms with E-state index in [1.54, 1.807) is 4.68 Å². The molecular weight excluding hydrogens is 445 g/mol. The highest BCUT2D eigenvalue weighted by Crippen LogP contribution is 2.30. The molecule has 34 heavy (non-hydrogen) atoms. The quantitative estimate of drug-likeness (QED) is 0.555. The number of piperidine rings is 1. The van der Waals surface area contributed by atoms with Gasteiger partial charge < -0.3 is 10.2 Å². The fourth-order valence-electron chi connectivity index (χ4n) is 4.24. The van der Waals surface area contributed by atoms with Crippen LogP contribution in [0.25, 0.3) is 5.82 Å². The first kappa shape index (κ1) is 23.7. The van der Waals surface area contributed by atoms with Gasteiger partial charge in [0.2, 0.25) is 5.91 Å². The minimum absolute atomic E-state index is 0.117. The summed E-state index contributed by atoms with van der Waals surface area (Å²) in [4.78, 5) is 23.5. The number of aromatic nitrogens is 4. The molecule has 10 heteroatoms. The molecule has 1 aliphatic heterocycles. The molecule has 1 aromatic carbocycles. The van der Waals surface area contributed by atoms with E-state index < -0.39 is 11.7 Å². The molecule has 3 aromatic rings. The molecule has 0 aliphatic carbocycles. The van der Waals surface area contributed by atoms with Crippen molar-refractivity contribution < 1.29 is 18.0 Å². The van der Waals surface area contributed by atoms with Crippen LogP contribution in [0, 0.1) is 13.8 Å². The Bertz CT molecular complexity index is 1170. The Morgan fingerprint density at radius 3 is 2.53 bits per heavy atom. The van der Waals surface area contributed by atoms with Gasteiger partial charge >= 0.3 is 6.18 Å². The molecular formula is C24H27F3N6O. The maximum atomic E-state index is 12.9. The van der Waals surface area contributed by atoms with Gasteiger partial charge in [-0.05, 0) is 63.3 Å². The summed E-state index contributed by atoms with van der Waals surface area (Å²) in [5.41, 5.74) is 1.88. The van der Waals surface area contributed by atoms with Crippen molar-refractivity contribution in [1.82, 2.24) is 19.7 Å². The van der Waals surface area contributed by atoms with Gasteiger partial charge in [0.25, 0.3) is 0 Å². The van der Waals surface area contributed by atoms with Crippen molar-refractivity contribution in [3.05, 3.63) is 59.2 Å². The lowest BCUT2D eigenvalue weighted by Crippen LogP contribution is -2.30. The van der Waals surface area contributed by atoms with Crippen molar-refractivity contribution in [2.45, 2.75) is 52.1 Å². The molecule has 0 spiro atoms. The summed E-state index contributed by atoms with van der Waals surface area (Å²) in [7, 11) is 0. The van der Waals surface area contributed by atoms with E-state index in [1.807, 2.05) is 19.9 Å². The van der Waals surface area contributed by atoms with Crippen molar-refractivity contribution in [1.29, 1.82) is 0 Å². The van der Waals surface area contributed by atoms with Crippen molar-refractivity contribution in [3.8, 4) is 5.82 Å². The number of nitrogens with zero attached hydrogens (tertiary/aromatic N) is 5. The molecule has 1 saturated heterocycles. The van der Waals surface area contributed by atoms with Crippen LogP contribution in [0.1, 0.15) is 48.2 Å². The van der Waals surface area contributed by atoms with Crippen LogP contribution in [-0.2, 0) is 17.4 Å². The fourth-order valence-corrected chi connectivity index (χ4v) is 4.24. The van der Waals surface area contributed by atoms with E-state index in [0.29, 0.717) is 12.2 Å². The summed E-state index contributed by atoms with van der Waals surface area (Å²) in [6.45, 7) is 5.73. The molecule has 1 amide bonds. The zero-order valence-corrected chi connectivity index (χ0v) is 19.2. The second kappa shape index (κ2) is 9.82. The van der Waals surface area contributed by atoms with Gasteiger partial charge in [0, 0.05) is 37.0 Å². The summed E-state index contributed by atoms with van der Waals surface area (Å²) >= 11 is 0. The van der Waals surface area contributed by atoms with Crippen LogP contribution in [0.4, 0.5) is 24.7 Å². The second-order valence-electron chi connectivity index (χ2n) is 8.47. The van der Waals surface area contributed by atoms with Crippen LogP contribution < -0.4 is 10.2 Å². The first-order valence-corrected chi connectivity index (χ1v) is 11.3. The van der Waals surface area contributed by atoms with Crippen LogP contribution in [-0.4, -0.2) is 38.7 Å². The number of rotatable bonds is 6. The lowest BCUT2D eigenvalue weighted by molar-refractivity contribution is -0.137. The largest absolute Gasteiger partial charge is 0.416 e. The van der Waals surface area contributed by atoms with Gasteiger partial charge in [0.1, 0.15) is 12.1 Å². The zero-order chi connectivity index (χ0) is 24.3. The third kappa shape index (κ3) is 5.37. The molecule has 180 valence electrons. The third-order valence-corrected chi connectivity index (χ3v) is 6.05. The molecule has 1 N–H and O–H groups in total. The molecule has 1 aliphatic rings. The number of hydrogen-bond acceptors (Lipinski definition) is 5. The number of halogens is 3. The minimum atomic E-state index is -4.46. The maximum absolute atomic E-state index is 12.9. The van der Waals surface area contributed by atoms with E-state index in [9.17, 15) is 18.0 Å². The predicted octanol–water partition coefficient (Wildman–Crippen LogP) is 4.86. The first-order chi connectivity index (χ1) is 16.2. The van der Waals surface area contributed by atoms with Crippen LogP contribution in [0.2, 0.25) is 0 Å². The Morgan fingerprint density at radius 2 is 1.79 bits per heavy atom. The monoisotopic (exact) mass is 472 g/mol. The Kier molecular flexibility index (Phi) is 6.85. The molecule has 7 nitrogen and oxygen atoms in total. The number of amides is 1. The van der Waals surface area contributed by atoms with Crippen molar-refractivity contribution in [3.63, 3.8) is 0 Å². The number of anilines is 2. The van der Waals surface area contributed by atoms with Crippen LogP contribution in [0.5, 0.6) is 0 Å². The number of alkyl halides is 3. The third-order valence-electron chi connectivity index (χ3n) is 6.05. The van der Waals surface area contributed by atoms with Crippen LogP contribution in [0.15, 0.2) is 36.7 Å². The van der Waals surface area contributed by atoms with Gasteiger partial charge in [0.05, 0.1) is 11.3 Å². The lowest BCUT2D eigenvalue weighted by Gasteiger charge is -2.27. The summed E-state index contributed by atoms with van der Waals surface area (Å²) in [6, 6.07) is 6.55. The SMILES string of the molecule is Cc1nn(-c2cc(N3CCCCC3)ncn2)c(C)c1CCC(=O)Nc1cccc(C(F)(F)F)c1. The van der Waals surface area contributed by atoms with Crippen molar-refractivity contribution in [2.75, 3.05) is 23.3 Å². The average Bonchev–Trinajstić information content (AvgIpc) is 3.11. The summed E-state index contributed by atoms with van der Waals surface area (Å²) in [5, 5.41) is 7.17. The first-order valence-electron chi connectivity index (χ1n) is 11.3. The smallest absolute Gasteiger partial charge is 0.356 e. The summed E-state index contributed by atoms with van der Waals surface area (Å²) in [5.74, 6) is 1.18. The molecule has 3 heterocycles. The van der Waals surface area contributed by atoms with Crippen molar-refractivity contribution in [2.24, 2.45) is 0 Å². The van der Waals surface area contributed by atoms with Crippen molar-refractivity contribution >= 4 is 17.4 Å². The molecule has 2 aromatic heterocycles. The highest BCUT2D eigenvalue weighted by Gasteiger charge is 2.30. The molecule has 1 fully saturated rings. The topological polar surface area (TPSA) is 75.9 Å². The van der Waals surface area contributed by atoms with E-state index in [-0.39, 0.29) is 18.0 Å². The summed E-state index contributed by atoms with van der Waals surface area (Å²) < 4.78 is 40.5. The predicted molar refractivity (Wildman–Crippen MR) is 123 cm³/mol. The molecule has 0 radical (unpaired) electrons. The van der Waals surface area contributed by atoms with Gasteiger partial charge in [-0.25, -0.2) is 14.6 Å². The minimum Gasteiger partial charge on any atom is -0.356 e. The standard InChI is InChI=1S/C24H27F3N6O/c1-16-20(9-10-23(34)30-19-8-6-7-18(13-19)24(25,26)27)17(2)33(31-16)22-14-21(28-15-29-22)32-11-4-3-5-12-32/h6-8,13-15H,3-5,9-12H2,1-2H3,(H,30,34). The van der Waals surface area contributed by atoms with E-state index in [1.165, 1.54) is 24.9 Å². The lowest BCUT2D eigenvalue weighted by atomic mass is 10.1. The van der Waals surface area contributed by atoms with E-state index in [4.69, 9.17) is 0 Å². The number of carbonyl (C=O) groups is 1. The number of benzene rings is 1. The number of aryl methyl sites for hydroxylation is 1. The normalized spacial score (nSPS) is 14.3. The zero-order valence-electron chi connectivity index (χ0n) is 19.2. The molecule has 0 saturated carbocycles. The van der Waals surface area contributed by atoms with Crippen LogP contribution in [0.3, 0.4) is 0 Å². The Hall–Kier alpha value is -3.43. The maximum Gasteiger partial charge on any atom is 0.416 e. The Morgan fingerprint density at radius 1 is 1.06 bits per heavy atom. The fraction of sp³-hybridized carbons (Fsp3) is 0.417. The van der Waals surface area contributed by atoms with Gasteiger partial charge in [-0.1, -0.05) is 6.07 Å². The van der Waals surface area contributed by atoms with Crippen LogP contribution >= 0.6 is 0 Å². The Labute approximate surface area is 196 Å². The number of hydrogen-bond donors (Lipinski definition) is 1. The molecule has 0 unspecified atom stereocenters. The molecule has 4 rings (SSSR count). The van der Waals surface area contributed by atoms with E-state index >= 15 is 0 Å². The Balaban J connectivity index is 1.45. The highest BCUT2D eigenvalue weighted by molar-refractivity contribution is 5.90. The van der Waals surface area contributed by atoms with Gasteiger partial charge in [0.15, 0.2) is 5.82 Å². The summed E-state index contributed by atoms with van der Waals surface area (Å²) in [6.07, 6.45) is 1.13. The highest BCUT2D eigenvalue weighted by atomic mass is 19.4. The molecule has 0 atom stereocenters.